The first-order chi connectivity index (χ1) is 12.3. The van der Waals surface area contributed by atoms with Gasteiger partial charge in [0.2, 0.25) is 0 Å². The molecule has 0 amide bonds. The second-order valence-electron chi connectivity index (χ2n) is 7.44. The lowest BCUT2D eigenvalue weighted by Crippen LogP contribution is -2.36. The number of hydrogen-bond acceptors (Lipinski definition) is 3. The number of unbranched alkanes of at least 4 members (excludes halogenated alkanes) is 12. The van der Waals surface area contributed by atoms with E-state index in [1.165, 1.54) is 103 Å². The Bertz CT molecular complexity index is 244. The van der Waals surface area contributed by atoms with Crippen molar-refractivity contribution in [2.45, 2.75) is 110 Å². The molecular formula is C22H47NO2. The van der Waals surface area contributed by atoms with E-state index in [1.807, 2.05) is 0 Å². The second-order valence-corrected chi connectivity index (χ2v) is 7.44. The van der Waals surface area contributed by atoms with Gasteiger partial charge in [0, 0.05) is 20.8 Å². The maximum atomic E-state index is 5.39. The lowest BCUT2D eigenvalue weighted by Gasteiger charge is -2.26. The molecule has 0 bridgehead atoms. The molecule has 0 saturated carbocycles. The van der Waals surface area contributed by atoms with Crippen LogP contribution in [-0.4, -0.2) is 45.0 Å². The monoisotopic (exact) mass is 357 g/mol. The van der Waals surface area contributed by atoms with Crippen LogP contribution >= 0.6 is 0 Å². The van der Waals surface area contributed by atoms with Crippen LogP contribution in [0.2, 0.25) is 0 Å². The molecule has 0 aliphatic carbocycles. The molecule has 0 saturated heterocycles. The largest absolute Gasteiger partial charge is 0.355 e. The van der Waals surface area contributed by atoms with Gasteiger partial charge in [-0.2, -0.15) is 0 Å². The molecule has 0 N–H and O–H groups in total. The first-order valence-electron chi connectivity index (χ1n) is 11.1. The van der Waals surface area contributed by atoms with E-state index in [-0.39, 0.29) is 6.29 Å². The Kier molecular flexibility index (Phi) is 20.1. The predicted octanol–water partition coefficient (Wildman–Crippen LogP) is 6.41. The Morgan fingerprint density at radius 3 is 1.32 bits per heavy atom. The molecule has 0 aliphatic rings. The van der Waals surface area contributed by atoms with Crippen molar-refractivity contribution in [1.29, 1.82) is 0 Å². The van der Waals surface area contributed by atoms with Crippen LogP contribution in [0.15, 0.2) is 0 Å². The summed E-state index contributed by atoms with van der Waals surface area (Å²) in [6, 6.07) is 0. The van der Waals surface area contributed by atoms with Crippen molar-refractivity contribution in [3.63, 3.8) is 0 Å². The van der Waals surface area contributed by atoms with E-state index in [9.17, 15) is 0 Å². The Morgan fingerprint density at radius 1 is 0.560 bits per heavy atom. The first kappa shape index (κ1) is 24.9. The van der Waals surface area contributed by atoms with Crippen LogP contribution in [0.1, 0.15) is 104 Å². The van der Waals surface area contributed by atoms with Crippen molar-refractivity contribution in [2.75, 3.05) is 33.9 Å². The van der Waals surface area contributed by atoms with Gasteiger partial charge in [-0.25, -0.2) is 0 Å². The lowest BCUT2D eigenvalue weighted by molar-refractivity contribution is -0.116. The Morgan fingerprint density at radius 2 is 0.920 bits per heavy atom. The Balaban J connectivity index is 3.73. The summed E-state index contributed by atoms with van der Waals surface area (Å²) in [5.41, 5.74) is 0. The average molecular weight is 358 g/mol. The van der Waals surface area contributed by atoms with E-state index in [0.717, 1.165) is 6.54 Å². The SMILES string of the molecule is CCCCCCCCCCCCN(CCCCCC)CC(OC)OC. The topological polar surface area (TPSA) is 21.7 Å². The normalized spacial score (nSPS) is 11.8. The van der Waals surface area contributed by atoms with Gasteiger partial charge in [-0.05, 0) is 25.9 Å². The molecule has 0 aromatic rings. The predicted molar refractivity (Wildman–Crippen MR) is 110 cm³/mol. The van der Waals surface area contributed by atoms with Gasteiger partial charge in [0.15, 0.2) is 6.29 Å². The van der Waals surface area contributed by atoms with E-state index in [1.54, 1.807) is 14.2 Å². The standard InChI is InChI=1S/C22H47NO2/c1-5-7-9-11-12-13-14-15-16-18-20-23(19-17-10-8-6-2)21-22(24-3)25-4/h22H,5-21H2,1-4H3. The highest BCUT2D eigenvalue weighted by molar-refractivity contribution is 4.61. The van der Waals surface area contributed by atoms with Crippen molar-refractivity contribution < 1.29 is 9.47 Å². The fourth-order valence-corrected chi connectivity index (χ4v) is 3.34. The minimum absolute atomic E-state index is 0.0886. The van der Waals surface area contributed by atoms with Gasteiger partial charge < -0.3 is 9.47 Å². The Labute approximate surface area is 158 Å². The van der Waals surface area contributed by atoms with Crippen molar-refractivity contribution in [3.05, 3.63) is 0 Å². The van der Waals surface area contributed by atoms with Crippen LogP contribution in [0, 0.1) is 0 Å². The molecule has 0 aliphatic heterocycles. The third kappa shape index (κ3) is 17.1. The van der Waals surface area contributed by atoms with Gasteiger partial charge >= 0.3 is 0 Å². The molecule has 0 unspecified atom stereocenters. The molecule has 3 heteroatoms. The van der Waals surface area contributed by atoms with Gasteiger partial charge in [0.1, 0.15) is 0 Å². The quantitative estimate of drug-likeness (QED) is 0.186. The van der Waals surface area contributed by atoms with Crippen molar-refractivity contribution in [1.82, 2.24) is 4.90 Å². The van der Waals surface area contributed by atoms with E-state index >= 15 is 0 Å². The van der Waals surface area contributed by atoms with E-state index < -0.39 is 0 Å². The summed E-state index contributed by atoms with van der Waals surface area (Å²) in [6.45, 7) is 7.82. The average Bonchev–Trinajstić information content (AvgIpc) is 2.63. The van der Waals surface area contributed by atoms with Crippen LogP contribution in [-0.2, 0) is 9.47 Å². The molecule has 0 aromatic carbocycles. The van der Waals surface area contributed by atoms with E-state index in [2.05, 4.69) is 18.7 Å². The summed E-state index contributed by atoms with van der Waals surface area (Å²) >= 11 is 0. The highest BCUT2D eigenvalue weighted by atomic mass is 16.7. The van der Waals surface area contributed by atoms with Crippen LogP contribution in [0.3, 0.4) is 0 Å². The third-order valence-corrected chi connectivity index (χ3v) is 5.09. The van der Waals surface area contributed by atoms with E-state index in [4.69, 9.17) is 9.47 Å². The molecular weight excluding hydrogens is 310 g/mol. The van der Waals surface area contributed by atoms with Crippen LogP contribution in [0.4, 0.5) is 0 Å². The molecule has 0 aromatic heterocycles. The second kappa shape index (κ2) is 20.2. The smallest absolute Gasteiger partial charge is 0.169 e. The van der Waals surface area contributed by atoms with Gasteiger partial charge in [-0.15, -0.1) is 0 Å². The summed E-state index contributed by atoms with van der Waals surface area (Å²) in [7, 11) is 3.48. The molecule has 25 heavy (non-hydrogen) atoms. The molecule has 3 nitrogen and oxygen atoms in total. The summed E-state index contributed by atoms with van der Waals surface area (Å²) < 4.78 is 10.8. The van der Waals surface area contributed by atoms with Crippen molar-refractivity contribution in [3.8, 4) is 0 Å². The number of hydrogen-bond donors (Lipinski definition) is 0. The molecule has 0 atom stereocenters. The molecule has 0 spiro atoms. The fourth-order valence-electron chi connectivity index (χ4n) is 3.34. The number of methoxy groups -OCH3 is 2. The zero-order valence-corrected chi connectivity index (χ0v) is 17.9. The fraction of sp³-hybridized carbons (Fsp3) is 1.00. The summed E-state index contributed by atoms with van der Waals surface area (Å²) in [5, 5.41) is 0. The summed E-state index contributed by atoms with van der Waals surface area (Å²) in [5.74, 6) is 0. The Hall–Kier alpha value is -0.120. The van der Waals surface area contributed by atoms with Crippen molar-refractivity contribution >= 4 is 0 Å². The maximum absolute atomic E-state index is 5.39. The van der Waals surface area contributed by atoms with Crippen LogP contribution in [0.5, 0.6) is 0 Å². The molecule has 0 rings (SSSR count). The van der Waals surface area contributed by atoms with Gasteiger partial charge in [0.25, 0.3) is 0 Å². The zero-order chi connectivity index (χ0) is 18.6. The van der Waals surface area contributed by atoms with Crippen LogP contribution in [0.25, 0.3) is 0 Å². The van der Waals surface area contributed by atoms with Gasteiger partial charge in [0.05, 0.1) is 0 Å². The lowest BCUT2D eigenvalue weighted by atomic mass is 10.1. The number of nitrogens with zero attached hydrogens (tertiary/aromatic N) is 1. The summed E-state index contributed by atoms with van der Waals surface area (Å²) in [6.07, 6.45) is 19.2. The summed E-state index contributed by atoms with van der Waals surface area (Å²) in [4.78, 5) is 2.54. The van der Waals surface area contributed by atoms with Gasteiger partial charge in [-0.1, -0.05) is 90.9 Å². The molecule has 0 heterocycles. The number of rotatable bonds is 20. The maximum Gasteiger partial charge on any atom is 0.169 e. The zero-order valence-electron chi connectivity index (χ0n) is 17.9. The molecule has 152 valence electrons. The van der Waals surface area contributed by atoms with E-state index in [0.29, 0.717) is 0 Å². The van der Waals surface area contributed by atoms with Crippen LogP contribution < -0.4 is 0 Å². The minimum Gasteiger partial charge on any atom is -0.355 e. The van der Waals surface area contributed by atoms with Crippen molar-refractivity contribution in [2.24, 2.45) is 0 Å². The third-order valence-electron chi connectivity index (χ3n) is 5.09. The minimum atomic E-state index is -0.0886. The first-order valence-corrected chi connectivity index (χ1v) is 11.1. The molecule has 0 radical (unpaired) electrons. The highest BCUT2D eigenvalue weighted by Crippen LogP contribution is 2.11. The molecule has 0 fully saturated rings. The highest BCUT2D eigenvalue weighted by Gasteiger charge is 2.12. The number of ether oxygens (including phenoxy) is 2. The van der Waals surface area contributed by atoms with Gasteiger partial charge in [-0.3, -0.25) is 4.90 Å².